The van der Waals surface area contributed by atoms with Gasteiger partial charge in [-0.25, -0.2) is 9.37 Å². The molecule has 0 saturated carbocycles. The van der Waals surface area contributed by atoms with E-state index in [9.17, 15) is 9.18 Å². The van der Waals surface area contributed by atoms with Crippen molar-refractivity contribution in [3.8, 4) is 17.0 Å². The van der Waals surface area contributed by atoms with Crippen LogP contribution >= 0.6 is 0 Å². The molecule has 2 aromatic heterocycles. The first-order valence-corrected chi connectivity index (χ1v) is 11.4. The van der Waals surface area contributed by atoms with E-state index in [2.05, 4.69) is 20.2 Å². The van der Waals surface area contributed by atoms with E-state index in [0.29, 0.717) is 24.6 Å². The summed E-state index contributed by atoms with van der Waals surface area (Å²) in [6.45, 7) is 4.04. The van der Waals surface area contributed by atoms with Crippen LogP contribution < -0.4 is 26.4 Å². The van der Waals surface area contributed by atoms with E-state index in [1.807, 2.05) is 13.0 Å². The minimum atomic E-state index is -0.506. The lowest BCUT2D eigenvalue weighted by Crippen LogP contribution is -2.43. The van der Waals surface area contributed by atoms with Crippen molar-refractivity contribution in [3.05, 3.63) is 60.3 Å². The number of benzene rings is 1. The number of carbonyl (C=O) groups excluding carboxylic acids is 1. The number of halogens is 1. The van der Waals surface area contributed by atoms with Gasteiger partial charge in [0.1, 0.15) is 11.6 Å². The zero-order chi connectivity index (χ0) is 24.1. The maximum absolute atomic E-state index is 14.6. The Bertz CT molecular complexity index is 1170. The molecule has 1 aromatic carbocycles. The Morgan fingerprint density at radius 1 is 1.29 bits per heavy atom. The van der Waals surface area contributed by atoms with E-state index >= 15 is 0 Å². The summed E-state index contributed by atoms with van der Waals surface area (Å²) in [7, 11) is 0. The molecule has 178 valence electrons. The fourth-order valence-electron chi connectivity index (χ4n) is 3.98. The van der Waals surface area contributed by atoms with Crippen LogP contribution in [0, 0.1) is 5.82 Å². The smallest absolute Gasteiger partial charge is 0.276 e. The molecule has 1 saturated heterocycles. The van der Waals surface area contributed by atoms with Gasteiger partial charge in [-0.05, 0) is 55.7 Å². The normalized spacial score (nSPS) is 15.7. The molecule has 0 aliphatic carbocycles. The molecular formula is C25H29FN6O2. The van der Waals surface area contributed by atoms with Crippen molar-refractivity contribution in [2.75, 3.05) is 35.6 Å². The Morgan fingerprint density at radius 3 is 2.94 bits per heavy atom. The predicted molar refractivity (Wildman–Crippen MR) is 131 cm³/mol. The van der Waals surface area contributed by atoms with Gasteiger partial charge in [0.05, 0.1) is 35.6 Å². The topological polar surface area (TPSA) is 119 Å². The number of nitrogens with zero attached hydrogens (tertiary/aromatic N) is 3. The van der Waals surface area contributed by atoms with Crippen molar-refractivity contribution in [1.29, 1.82) is 0 Å². The standard InChI is InChI=1S/C25H29FN6O2/c1-2-12-34-17-5-6-19(26)18(13-17)21-8-7-20(28)24(30-21)25(33)31-22-14-29-10-9-23(22)32-11-3-4-16(27)15-32/h5-10,13-14,16H,2-4,11-12,15,27-28H2,1H3,(H,31,33)/t16-/m0/s1. The molecule has 4 rings (SSSR count). The monoisotopic (exact) mass is 464 g/mol. The first-order valence-electron chi connectivity index (χ1n) is 11.4. The zero-order valence-electron chi connectivity index (χ0n) is 19.1. The van der Waals surface area contributed by atoms with Gasteiger partial charge in [0.15, 0.2) is 5.69 Å². The molecule has 8 nitrogen and oxygen atoms in total. The molecule has 34 heavy (non-hydrogen) atoms. The predicted octanol–water partition coefficient (Wildman–Crippen LogP) is 3.83. The first-order chi connectivity index (χ1) is 16.5. The lowest BCUT2D eigenvalue weighted by Gasteiger charge is -2.33. The van der Waals surface area contributed by atoms with Gasteiger partial charge in [-0.3, -0.25) is 9.78 Å². The summed E-state index contributed by atoms with van der Waals surface area (Å²) in [6, 6.07) is 9.51. The molecule has 0 radical (unpaired) electrons. The highest BCUT2D eigenvalue weighted by molar-refractivity contribution is 6.07. The van der Waals surface area contributed by atoms with E-state index in [4.69, 9.17) is 16.2 Å². The molecule has 1 atom stereocenters. The van der Waals surface area contributed by atoms with Crippen molar-refractivity contribution in [2.45, 2.75) is 32.2 Å². The number of amides is 1. The number of ether oxygens (including phenoxy) is 1. The van der Waals surface area contributed by atoms with E-state index in [1.165, 1.54) is 6.07 Å². The van der Waals surface area contributed by atoms with Crippen LogP contribution in [0.5, 0.6) is 5.75 Å². The van der Waals surface area contributed by atoms with Crippen LogP contribution in [0.2, 0.25) is 0 Å². The van der Waals surface area contributed by atoms with Crippen LogP contribution in [0.1, 0.15) is 36.7 Å². The quantitative estimate of drug-likeness (QED) is 0.486. The van der Waals surface area contributed by atoms with Crippen molar-refractivity contribution in [3.63, 3.8) is 0 Å². The fourth-order valence-corrected chi connectivity index (χ4v) is 3.98. The molecule has 1 amide bonds. The van der Waals surface area contributed by atoms with Gasteiger partial charge >= 0.3 is 0 Å². The third kappa shape index (κ3) is 5.26. The molecule has 3 heterocycles. The van der Waals surface area contributed by atoms with Gasteiger partial charge in [-0.15, -0.1) is 0 Å². The van der Waals surface area contributed by atoms with Crippen LogP contribution in [0.4, 0.5) is 21.5 Å². The maximum atomic E-state index is 14.6. The molecule has 5 N–H and O–H groups in total. The molecule has 1 fully saturated rings. The Hall–Kier alpha value is -3.72. The van der Waals surface area contributed by atoms with Gasteiger partial charge in [0, 0.05) is 30.9 Å². The number of nitrogens with one attached hydrogen (secondary N) is 1. The molecule has 0 spiro atoms. The van der Waals surface area contributed by atoms with Gasteiger partial charge in [0.2, 0.25) is 0 Å². The highest BCUT2D eigenvalue weighted by Gasteiger charge is 2.22. The molecule has 1 aliphatic heterocycles. The van der Waals surface area contributed by atoms with Crippen molar-refractivity contribution in [2.24, 2.45) is 5.73 Å². The highest BCUT2D eigenvalue weighted by atomic mass is 19.1. The van der Waals surface area contributed by atoms with Crippen LogP contribution in [0.15, 0.2) is 48.8 Å². The molecule has 0 bridgehead atoms. The summed E-state index contributed by atoms with van der Waals surface area (Å²) in [5, 5.41) is 2.87. The van der Waals surface area contributed by atoms with Crippen molar-refractivity contribution in [1.82, 2.24) is 9.97 Å². The first kappa shape index (κ1) is 23.4. The maximum Gasteiger partial charge on any atom is 0.276 e. The number of hydrogen-bond donors (Lipinski definition) is 3. The largest absolute Gasteiger partial charge is 0.494 e. The SMILES string of the molecule is CCCOc1ccc(F)c(-c2ccc(N)c(C(=O)Nc3cnccc3N3CCC[C@H](N)C3)n2)c1. The summed E-state index contributed by atoms with van der Waals surface area (Å²) in [6.07, 6.45) is 6.03. The number of pyridine rings is 2. The second kappa shape index (κ2) is 10.5. The van der Waals surface area contributed by atoms with Gasteiger partial charge in [-0.2, -0.15) is 0 Å². The van der Waals surface area contributed by atoms with Gasteiger partial charge in [-0.1, -0.05) is 6.92 Å². The minimum Gasteiger partial charge on any atom is -0.494 e. The van der Waals surface area contributed by atoms with Crippen molar-refractivity contribution < 1.29 is 13.9 Å². The van der Waals surface area contributed by atoms with Crippen LogP contribution in [-0.2, 0) is 0 Å². The summed E-state index contributed by atoms with van der Waals surface area (Å²) in [4.78, 5) is 23.8. The molecule has 1 aliphatic rings. The third-order valence-electron chi connectivity index (χ3n) is 5.67. The second-order valence-corrected chi connectivity index (χ2v) is 8.32. The van der Waals surface area contributed by atoms with Gasteiger partial charge in [0.25, 0.3) is 5.91 Å². The van der Waals surface area contributed by atoms with Crippen LogP contribution in [-0.4, -0.2) is 41.6 Å². The molecule has 0 unspecified atom stereocenters. The van der Waals surface area contributed by atoms with E-state index in [0.717, 1.165) is 31.5 Å². The van der Waals surface area contributed by atoms with Gasteiger partial charge < -0.3 is 26.4 Å². The molecule has 3 aromatic rings. The summed E-state index contributed by atoms with van der Waals surface area (Å²) in [5.74, 6) is -0.445. The summed E-state index contributed by atoms with van der Waals surface area (Å²) < 4.78 is 20.2. The minimum absolute atomic E-state index is 0.00179. The summed E-state index contributed by atoms with van der Waals surface area (Å²) in [5.41, 5.74) is 14.3. The number of carbonyl (C=O) groups is 1. The molecular weight excluding hydrogens is 435 g/mol. The number of nitrogens with two attached hydrogens (primary N) is 2. The third-order valence-corrected chi connectivity index (χ3v) is 5.67. The lowest BCUT2D eigenvalue weighted by atomic mass is 10.1. The molecule has 9 heteroatoms. The van der Waals surface area contributed by atoms with Crippen LogP contribution in [0.25, 0.3) is 11.3 Å². The average molecular weight is 465 g/mol. The van der Waals surface area contributed by atoms with Crippen molar-refractivity contribution >= 4 is 23.0 Å². The average Bonchev–Trinajstić information content (AvgIpc) is 2.84. The lowest BCUT2D eigenvalue weighted by molar-refractivity contribution is 0.102. The number of rotatable bonds is 7. The Balaban J connectivity index is 1.61. The number of hydrogen-bond acceptors (Lipinski definition) is 7. The Morgan fingerprint density at radius 2 is 2.15 bits per heavy atom. The van der Waals surface area contributed by atoms with E-state index in [1.54, 1.807) is 36.7 Å². The summed E-state index contributed by atoms with van der Waals surface area (Å²) >= 11 is 0. The second-order valence-electron chi connectivity index (χ2n) is 8.32. The number of aromatic nitrogens is 2. The van der Waals surface area contributed by atoms with Crippen LogP contribution in [0.3, 0.4) is 0 Å². The Kier molecular flexibility index (Phi) is 7.22. The number of anilines is 3. The fraction of sp³-hybridized carbons (Fsp3) is 0.320. The highest BCUT2D eigenvalue weighted by Crippen LogP contribution is 2.30. The number of nitrogen functional groups attached to an aromatic ring is 1. The Labute approximate surface area is 198 Å². The number of piperidine rings is 1. The van der Waals surface area contributed by atoms with E-state index in [-0.39, 0.29) is 28.7 Å². The zero-order valence-corrected chi connectivity index (χ0v) is 19.1. The van der Waals surface area contributed by atoms with E-state index < -0.39 is 11.7 Å².